The van der Waals surface area contributed by atoms with Crippen molar-refractivity contribution in [3.05, 3.63) is 12.2 Å². The molecule has 7 rings (SSSR count). The minimum atomic E-state index is -0.181. The number of fused-ring (bicyclic) bond motifs is 4. The molecule has 12 atom stereocenters. The van der Waals surface area contributed by atoms with Gasteiger partial charge < -0.3 is 19.3 Å². The first-order valence-corrected chi connectivity index (χ1v) is 15.9. The monoisotopic (exact) mass is 512 g/mol. The normalized spacial score (nSPS) is 56.1. The summed E-state index contributed by atoms with van der Waals surface area (Å²) in [7, 11) is 0. The van der Waals surface area contributed by atoms with Crippen LogP contribution >= 0.6 is 0 Å². The molecule has 6 fully saturated rings. The summed E-state index contributed by atoms with van der Waals surface area (Å²) in [5.41, 5.74) is 0.712. The van der Waals surface area contributed by atoms with Crippen molar-refractivity contribution in [3.63, 3.8) is 0 Å². The molecule has 0 aromatic carbocycles. The SMILES string of the molecule is CC1CCCC(OC2CCC3C4C=CC56OCC7(CCC5C4CCC3C2(C)CO)CCC(C)(C)CC76)O1. The number of ether oxygens (including phenoxy) is 3. The van der Waals surface area contributed by atoms with Gasteiger partial charge in [0.05, 0.1) is 31.0 Å². The van der Waals surface area contributed by atoms with Crippen LogP contribution in [0, 0.1) is 51.8 Å². The highest BCUT2D eigenvalue weighted by Crippen LogP contribution is 2.70. The van der Waals surface area contributed by atoms with Crippen LogP contribution in [0.25, 0.3) is 0 Å². The summed E-state index contributed by atoms with van der Waals surface area (Å²) in [5, 5.41) is 10.8. The fraction of sp³-hybridized carbons (Fsp3) is 0.939. The van der Waals surface area contributed by atoms with Crippen LogP contribution in [0.1, 0.15) is 105 Å². The summed E-state index contributed by atoms with van der Waals surface area (Å²) < 4.78 is 19.8. The van der Waals surface area contributed by atoms with E-state index in [1.165, 1.54) is 57.8 Å². The maximum Gasteiger partial charge on any atom is 0.158 e. The Morgan fingerprint density at radius 1 is 0.919 bits per heavy atom. The Morgan fingerprint density at radius 3 is 2.54 bits per heavy atom. The first-order valence-electron chi connectivity index (χ1n) is 15.9. The average Bonchev–Trinajstić information content (AvgIpc) is 3.07. The van der Waals surface area contributed by atoms with Gasteiger partial charge in [-0.1, -0.05) is 32.9 Å². The summed E-state index contributed by atoms with van der Waals surface area (Å²) in [4.78, 5) is 0. The lowest BCUT2D eigenvalue weighted by atomic mass is 9.43. The number of aliphatic hydroxyl groups is 1. The Labute approximate surface area is 225 Å². The molecular formula is C33H52O4. The molecule has 1 spiro atoms. The fourth-order valence-corrected chi connectivity index (χ4v) is 11.3. The van der Waals surface area contributed by atoms with Gasteiger partial charge in [-0.15, -0.1) is 0 Å². The lowest BCUT2D eigenvalue weighted by Crippen LogP contribution is -2.61. The predicted molar refractivity (Wildman–Crippen MR) is 145 cm³/mol. The highest BCUT2D eigenvalue weighted by Gasteiger charge is 2.68. The van der Waals surface area contributed by atoms with Crippen LogP contribution in [0.3, 0.4) is 0 Å². The molecule has 2 bridgehead atoms. The summed E-state index contributed by atoms with van der Waals surface area (Å²) in [6.07, 6.45) is 20.5. The Kier molecular flexibility index (Phi) is 6.07. The molecular weight excluding hydrogens is 460 g/mol. The molecule has 4 heteroatoms. The molecule has 2 aliphatic heterocycles. The summed E-state index contributed by atoms with van der Waals surface area (Å²) in [6, 6.07) is 0. The van der Waals surface area contributed by atoms with Gasteiger partial charge in [-0.3, -0.25) is 0 Å². The second-order valence-corrected chi connectivity index (χ2v) is 15.7. The van der Waals surface area contributed by atoms with Gasteiger partial charge in [0.1, 0.15) is 0 Å². The van der Waals surface area contributed by atoms with E-state index in [1.54, 1.807) is 0 Å². The van der Waals surface area contributed by atoms with Gasteiger partial charge in [-0.2, -0.15) is 0 Å². The van der Waals surface area contributed by atoms with E-state index in [0.717, 1.165) is 31.8 Å². The zero-order valence-corrected chi connectivity index (χ0v) is 23.9. The van der Waals surface area contributed by atoms with Crippen molar-refractivity contribution in [3.8, 4) is 0 Å². The van der Waals surface area contributed by atoms with E-state index in [2.05, 4.69) is 39.8 Å². The first kappa shape index (κ1) is 25.5. The molecule has 0 radical (unpaired) electrons. The van der Waals surface area contributed by atoms with Crippen LogP contribution in [0.4, 0.5) is 0 Å². The number of hydrogen-bond donors (Lipinski definition) is 1. The zero-order valence-electron chi connectivity index (χ0n) is 23.9. The molecule has 7 aliphatic rings. The van der Waals surface area contributed by atoms with Crippen molar-refractivity contribution in [1.29, 1.82) is 0 Å². The van der Waals surface area contributed by atoms with E-state index < -0.39 is 0 Å². The average molecular weight is 513 g/mol. The molecule has 0 aromatic rings. The van der Waals surface area contributed by atoms with E-state index in [0.29, 0.717) is 40.4 Å². The largest absolute Gasteiger partial charge is 0.396 e. The third-order valence-corrected chi connectivity index (χ3v) is 13.3. The van der Waals surface area contributed by atoms with Crippen molar-refractivity contribution < 1.29 is 19.3 Å². The van der Waals surface area contributed by atoms with Gasteiger partial charge in [-0.05, 0) is 124 Å². The van der Waals surface area contributed by atoms with Gasteiger partial charge >= 0.3 is 0 Å². The van der Waals surface area contributed by atoms with Crippen LogP contribution in [-0.2, 0) is 14.2 Å². The number of rotatable bonds is 3. The van der Waals surface area contributed by atoms with Gasteiger partial charge in [0.2, 0.25) is 0 Å². The van der Waals surface area contributed by atoms with Crippen molar-refractivity contribution in [1.82, 2.24) is 0 Å². The van der Waals surface area contributed by atoms with E-state index >= 15 is 0 Å². The summed E-state index contributed by atoms with van der Waals surface area (Å²) in [5.74, 6) is 3.96. The molecule has 2 heterocycles. The summed E-state index contributed by atoms with van der Waals surface area (Å²) >= 11 is 0. The molecule has 4 nitrogen and oxygen atoms in total. The minimum absolute atomic E-state index is 0.000444. The molecule has 0 aromatic heterocycles. The third-order valence-electron chi connectivity index (χ3n) is 13.3. The molecule has 4 saturated carbocycles. The molecule has 37 heavy (non-hydrogen) atoms. The highest BCUT2D eigenvalue weighted by molar-refractivity contribution is 5.27. The van der Waals surface area contributed by atoms with Crippen LogP contribution in [-0.4, -0.2) is 42.4 Å². The van der Waals surface area contributed by atoms with Gasteiger partial charge in [0, 0.05) is 11.3 Å². The Hall–Kier alpha value is -0.420. The smallest absolute Gasteiger partial charge is 0.158 e. The van der Waals surface area contributed by atoms with Crippen molar-refractivity contribution in [2.75, 3.05) is 13.2 Å². The number of allylic oxidation sites excluding steroid dienone is 1. The van der Waals surface area contributed by atoms with Crippen molar-refractivity contribution >= 4 is 0 Å². The van der Waals surface area contributed by atoms with E-state index in [9.17, 15) is 5.11 Å². The van der Waals surface area contributed by atoms with Gasteiger partial charge in [-0.25, -0.2) is 0 Å². The fourth-order valence-electron chi connectivity index (χ4n) is 11.3. The zero-order chi connectivity index (χ0) is 25.6. The Balaban J connectivity index is 1.14. The lowest BCUT2D eigenvalue weighted by Gasteiger charge is -2.62. The predicted octanol–water partition coefficient (Wildman–Crippen LogP) is 6.90. The molecule has 0 amide bonds. The topological polar surface area (TPSA) is 47.9 Å². The van der Waals surface area contributed by atoms with Gasteiger partial charge in [0.25, 0.3) is 0 Å². The standard InChI is InChI=1S/C33H52O4/c1-21-6-5-7-29(36-21)37-28-11-9-23-22-12-15-33-26(24(22)8-10-25(23)31(28,4)19-34)13-14-32(20-35-33)17-16-30(2,3)18-27(32)33/h12,15,21-29,34H,5-11,13-14,16-20H2,1-4H3. The van der Waals surface area contributed by atoms with Crippen molar-refractivity contribution in [2.45, 2.75) is 129 Å². The van der Waals surface area contributed by atoms with E-state index in [4.69, 9.17) is 14.2 Å². The molecule has 1 N–H and O–H groups in total. The van der Waals surface area contributed by atoms with Crippen LogP contribution < -0.4 is 0 Å². The van der Waals surface area contributed by atoms with E-state index in [-0.39, 0.29) is 36.1 Å². The number of hydrogen-bond acceptors (Lipinski definition) is 4. The first-order chi connectivity index (χ1) is 17.7. The maximum absolute atomic E-state index is 10.8. The number of aliphatic hydroxyl groups excluding tert-OH is 1. The van der Waals surface area contributed by atoms with Crippen LogP contribution in [0.15, 0.2) is 12.2 Å². The highest BCUT2D eigenvalue weighted by atomic mass is 16.7. The van der Waals surface area contributed by atoms with E-state index in [1.807, 2.05) is 0 Å². The lowest BCUT2D eigenvalue weighted by molar-refractivity contribution is -0.256. The minimum Gasteiger partial charge on any atom is -0.396 e. The molecule has 208 valence electrons. The molecule has 2 saturated heterocycles. The Bertz CT molecular complexity index is 914. The Morgan fingerprint density at radius 2 is 1.73 bits per heavy atom. The quantitative estimate of drug-likeness (QED) is 0.330. The van der Waals surface area contributed by atoms with Crippen molar-refractivity contribution in [2.24, 2.45) is 51.8 Å². The second-order valence-electron chi connectivity index (χ2n) is 15.7. The van der Waals surface area contributed by atoms with Crippen LogP contribution in [0.5, 0.6) is 0 Å². The van der Waals surface area contributed by atoms with Gasteiger partial charge in [0.15, 0.2) is 6.29 Å². The molecule has 12 unspecified atom stereocenters. The maximum atomic E-state index is 10.8. The third kappa shape index (κ3) is 3.74. The second kappa shape index (κ2) is 8.79. The molecule has 5 aliphatic carbocycles. The van der Waals surface area contributed by atoms with Crippen LogP contribution in [0.2, 0.25) is 0 Å². The summed E-state index contributed by atoms with van der Waals surface area (Å²) in [6.45, 7) is 10.7.